The minimum Gasteiger partial charge on any atom is -0.382 e. The summed E-state index contributed by atoms with van der Waals surface area (Å²) in [5.74, 6) is -0.0276. The Labute approximate surface area is 86.0 Å². The Balaban J connectivity index is 2.10. The average molecular weight is 207 g/mol. The zero-order valence-corrected chi connectivity index (χ0v) is 7.81. The summed E-state index contributed by atoms with van der Waals surface area (Å²) in [6.45, 7) is 0. The van der Waals surface area contributed by atoms with Crippen LogP contribution >= 0.6 is 0 Å². The van der Waals surface area contributed by atoms with Crippen molar-refractivity contribution in [3.05, 3.63) is 42.4 Å². The van der Waals surface area contributed by atoms with Gasteiger partial charge in [-0.1, -0.05) is 12.1 Å². The Kier molecular flexibility index (Phi) is 2.40. The van der Waals surface area contributed by atoms with Gasteiger partial charge in [-0.25, -0.2) is 4.39 Å². The maximum absolute atomic E-state index is 13.2. The minimum absolute atomic E-state index is 0.317. The molecular weight excluding hydrogens is 197 g/mol. The molecule has 1 aromatic rings. The van der Waals surface area contributed by atoms with Gasteiger partial charge in [0.05, 0.1) is 5.69 Å². The van der Waals surface area contributed by atoms with E-state index in [1.807, 2.05) is 0 Å². The highest BCUT2D eigenvalue weighted by Gasteiger charge is 2.06. The molecule has 0 saturated carbocycles. The molecule has 78 valence electrons. The second-order valence-corrected chi connectivity index (χ2v) is 2.89. The molecule has 0 spiro atoms. The Morgan fingerprint density at radius 1 is 1.40 bits per heavy atom. The predicted octanol–water partition coefficient (Wildman–Crippen LogP) is 0.759. The molecule has 0 bridgehead atoms. The van der Waals surface area contributed by atoms with Gasteiger partial charge in [-0.2, -0.15) is 0 Å². The topological polar surface area (TPSA) is 65.7 Å². The van der Waals surface area contributed by atoms with Crippen molar-refractivity contribution in [1.29, 1.82) is 0 Å². The molecule has 6 heteroatoms. The molecule has 4 N–H and O–H groups in total. The number of para-hydroxylation sites is 1. The van der Waals surface area contributed by atoms with Gasteiger partial charge in [0.1, 0.15) is 11.7 Å². The number of amidine groups is 1. The lowest BCUT2D eigenvalue weighted by Crippen LogP contribution is -2.39. The van der Waals surface area contributed by atoms with Crippen molar-refractivity contribution < 1.29 is 4.39 Å². The number of hydrazone groups is 1. The summed E-state index contributed by atoms with van der Waals surface area (Å²) in [5, 5.41) is 5.10. The smallest absolute Gasteiger partial charge is 0.149 e. The number of nitrogens with zero attached hydrogens (tertiary/aromatic N) is 2. The van der Waals surface area contributed by atoms with E-state index in [9.17, 15) is 4.39 Å². The number of rotatable bonds is 2. The van der Waals surface area contributed by atoms with Gasteiger partial charge < -0.3 is 5.73 Å². The third kappa shape index (κ3) is 2.16. The highest BCUT2D eigenvalue weighted by molar-refractivity contribution is 5.91. The van der Waals surface area contributed by atoms with Gasteiger partial charge in [0.25, 0.3) is 0 Å². The molecule has 0 saturated heterocycles. The second-order valence-electron chi connectivity index (χ2n) is 2.89. The summed E-state index contributed by atoms with van der Waals surface area (Å²) in [5.41, 5.74) is 11.2. The van der Waals surface area contributed by atoms with E-state index in [0.29, 0.717) is 11.5 Å². The average Bonchev–Trinajstić information content (AvgIpc) is 2.22. The molecule has 5 nitrogen and oxygen atoms in total. The van der Waals surface area contributed by atoms with Crippen molar-refractivity contribution in [2.24, 2.45) is 10.8 Å². The SMILES string of the molecule is NC1=NN(Nc2ccccc2F)NC=C1. The molecule has 0 amide bonds. The summed E-state index contributed by atoms with van der Waals surface area (Å²) < 4.78 is 13.2. The number of anilines is 1. The molecule has 0 aliphatic carbocycles. The molecule has 1 heterocycles. The number of hydrazine groups is 2. The summed E-state index contributed by atoms with van der Waals surface area (Å²) in [7, 11) is 0. The van der Waals surface area contributed by atoms with Gasteiger partial charge in [0.2, 0.25) is 0 Å². The first kappa shape index (κ1) is 9.32. The molecule has 0 aromatic heterocycles. The van der Waals surface area contributed by atoms with E-state index in [4.69, 9.17) is 5.73 Å². The van der Waals surface area contributed by atoms with E-state index in [0.717, 1.165) is 0 Å². The van der Waals surface area contributed by atoms with Gasteiger partial charge in [-0.15, -0.1) is 10.3 Å². The lowest BCUT2D eigenvalue weighted by atomic mass is 10.3. The molecule has 0 fully saturated rings. The summed E-state index contributed by atoms with van der Waals surface area (Å²) in [4.78, 5) is 0. The standard InChI is InChI=1S/C9H10FN5/c10-7-3-1-2-4-8(7)13-15-12-6-5-9(11)14-15/h1-6,12-13H,(H2,11,14). The van der Waals surface area contributed by atoms with Crippen molar-refractivity contribution in [3.8, 4) is 0 Å². The van der Waals surface area contributed by atoms with Crippen molar-refractivity contribution in [2.75, 3.05) is 5.43 Å². The van der Waals surface area contributed by atoms with Crippen molar-refractivity contribution >= 4 is 11.5 Å². The zero-order chi connectivity index (χ0) is 10.7. The fraction of sp³-hybridized carbons (Fsp3) is 0. The lowest BCUT2D eigenvalue weighted by molar-refractivity contribution is 0.281. The largest absolute Gasteiger partial charge is 0.382 e. The van der Waals surface area contributed by atoms with Gasteiger partial charge in [-0.3, -0.25) is 10.9 Å². The normalized spacial score (nSPS) is 14.5. The number of halogens is 1. The zero-order valence-electron chi connectivity index (χ0n) is 7.81. The van der Waals surface area contributed by atoms with Crippen molar-refractivity contribution in [3.63, 3.8) is 0 Å². The molecule has 2 rings (SSSR count). The van der Waals surface area contributed by atoms with E-state index >= 15 is 0 Å². The third-order valence-corrected chi connectivity index (χ3v) is 1.77. The van der Waals surface area contributed by atoms with Crippen molar-refractivity contribution in [2.45, 2.75) is 0 Å². The fourth-order valence-corrected chi connectivity index (χ4v) is 1.09. The molecule has 0 atom stereocenters. The van der Waals surface area contributed by atoms with Crippen LogP contribution in [0.15, 0.2) is 41.6 Å². The molecular formula is C9H10FN5. The minimum atomic E-state index is -0.359. The van der Waals surface area contributed by atoms with Crippen LogP contribution in [0, 0.1) is 5.82 Å². The number of nitrogens with one attached hydrogen (secondary N) is 2. The maximum Gasteiger partial charge on any atom is 0.149 e. The maximum atomic E-state index is 13.2. The first-order chi connectivity index (χ1) is 7.25. The Hall–Kier alpha value is -2.24. The van der Waals surface area contributed by atoms with E-state index in [2.05, 4.69) is 16.0 Å². The quantitative estimate of drug-likeness (QED) is 0.669. The number of benzene rings is 1. The fourth-order valence-electron chi connectivity index (χ4n) is 1.09. The van der Waals surface area contributed by atoms with Crippen LogP contribution in [0.25, 0.3) is 0 Å². The molecule has 0 unspecified atom stereocenters. The van der Waals surface area contributed by atoms with Crippen LogP contribution in [0.4, 0.5) is 10.1 Å². The van der Waals surface area contributed by atoms with Crippen LogP contribution in [0.3, 0.4) is 0 Å². The Morgan fingerprint density at radius 2 is 2.20 bits per heavy atom. The molecule has 1 aliphatic heterocycles. The molecule has 1 aromatic carbocycles. The molecule has 1 aliphatic rings. The second kappa shape index (κ2) is 3.87. The van der Waals surface area contributed by atoms with Gasteiger partial charge in [0.15, 0.2) is 0 Å². The first-order valence-electron chi connectivity index (χ1n) is 4.34. The van der Waals surface area contributed by atoms with Crippen LogP contribution < -0.4 is 16.6 Å². The van der Waals surface area contributed by atoms with E-state index < -0.39 is 0 Å². The van der Waals surface area contributed by atoms with Crippen LogP contribution in [0.2, 0.25) is 0 Å². The Morgan fingerprint density at radius 3 is 2.93 bits per heavy atom. The summed E-state index contributed by atoms with van der Waals surface area (Å²) in [6, 6.07) is 6.29. The molecule has 15 heavy (non-hydrogen) atoms. The highest BCUT2D eigenvalue weighted by Crippen LogP contribution is 2.13. The third-order valence-electron chi connectivity index (χ3n) is 1.77. The lowest BCUT2D eigenvalue weighted by Gasteiger charge is -2.22. The number of hydrogen-bond donors (Lipinski definition) is 3. The predicted molar refractivity (Wildman–Crippen MR) is 55.8 cm³/mol. The summed E-state index contributed by atoms with van der Waals surface area (Å²) >= 11 is 0. The van der Waals surface area contributed by atoms with Gasteiger partial charge >= 0.3 is 0 Å². The highest BCUT2D eigenvalue weighted by atomic mass is 19.1. The van der Waals surface area contributed by atoms with Crippen LogP contribution in [-0.2, 0) is 0 Å². The summed E-state index contributed by atoms with van der Waals surface area (Å²) in [6.07, 6.45) is 3.19. The van der Waals surface area contributed by atoms with Crippen LogP contribution in [-0.4, -0.2) is 11.1 Å². The van der Waals surface area contributed by atoms with Gasteiger partial charge in [-0.05, 0) is 18.2 Å². The first-order valence-corrected chi connectivity index (χ1v) is 4.34. The van der Waals surface area contributed by atoms with E-state index in [-0.39, 0.29) is 5.82 Å². The van der Waals surface area contributed by atoms with Crippen LogP contribution in [0.5, 0.6) is 0 Å². The number of hydrogen-bond acceptors (Lipinski definition) is 5. The van der Waals surface area contributed by atoms with E-state index in [1.165, 1.54) is 11.3 Å². The van der Waals surface area contributed by atoms with Crippen molar-refractivity contribution in [1.82, 2.24) is 10.7 Å². The Bertz CT molecular complexity index is 415. The molecule has 0 radical (unpaired) electrons. The van der Waals surface area contributed by atoms with Gasteiger partial charge in [0, 0.05) is 6.20 Å². The van der Waals surface area contributed by atoms with Crippen LogP contribution in [0.1, 0.15) is 0 Å². The van der Waals surface area contributed by atoms with E-state index in [1.54, 1.807) is 30.5 Å². The number of nitrogens with two attached hydrogens (primary N) is 1. The monoisotopic (exact) mass is 207 g/mol.